The average molecular weight is 704 g/mol. The van der Waals surface area contributed by atoms with Gasteiger partial charge in [0.05, 0.1) is 26.4 Å². The topological polar surface area (TPSA) is 92.7 Å². The number of carbonyl (C=O) groups is 1. The quantitative estimate of drug-likeness (QED) is 0.224. The van der Waals surface area contributed by atoms with Gasteiger partial charge in [-0.2, -0.15) is 0 Å². The van der Waals surface area contributed by atoms with Crippen molar-refractivity contribution in [3.05, 3.63) is 105 Å². The first-order chi connectivity index (χ1) is 25.3. The molecular weight excluding hydrogens is 654 g/mol. The highest BCUT2D eigenvalue weighted by atomic mass is 16.5. The zero-order chi connectivity index (χ0) is 35.9. The van der Waals surface area contributed by atoms with Gasteiger partial charge in [0.15, 0.2) is 23.0 Å². The standard InChI is InChI=1S/C43H49N3O6/c1-45-17-15-28-23-38(49-3)39-24-34(28)35(45)20-27-11-14-33(43(48)44-31-7-5-6-8-31)37(21-27)51-32-12-9-26(10-13-32)19-36-40-29(16-18-46(36)2)22-30(25-47)41(50-4)42(40)52-39/h9-14,21-24,31,35-36,47H,5-8,15-20,25H2,1-4H3,(H,44,48)/t35-,36+/m1/s1. The minimum absolute atomic E-state index is 0.0175. The Morgan fingerprint density at radius 1 is 0.827 bits per heavy atom. The predicted molar refractivity (Wildman–Crippen MR) is 200 cm³/mol. The lowest BCUT2D eigenvalue weighted by atomic mass is 9.86. The third kappa shape index (κ3) is 6.50. The molecule has 0 unspecified atom stereocenters. The van der Waals surface area contributed by atoms with E-state index < -0.39 is 0 Å². The van der Waals surface area contributed by atoms with E-state index in [0.717, 1.165) is 80.3 Å². The number of carbonyl (C=O) groups excluding carboxylic acids is 1. The van der Waals surface area contributed by atoms with Crippen molar-refractivity contribution in [3.8, 4) is 34.5 Å². The van der Waals surface area contributed by atoms with Crippen LogP contribution in [0.2, 0.25) is 0 Å². The maximum Gasteiger partial charge on any atom is 0.255 e. The van der Waals surface area contributed by atoms with Crippen molar-refractivity contribution < 1.29 is 28.8 Å². The van der Waals surface area contributed by atoms with E-state index in [9.17, 15) is 9.90 Å². The summed E-state index contributed by atoms with van der Waals surface area (Å²) < 4.78 is 25.7. The first-order valence-electron chi connectivity index (χ1n) is 18.7. The van der Waals surface area contributed by atoms with Crippen molar-refractivity contribution >= 4 is 5.91 Å². The molecule has 9 rings (SSSR count). The summed E-state index contributed by atoms with van der Waals surface area (Å²) >= 11 is 0. The van der Waals surface area contributed by atoms with Gasteiger partial charge in [0.1, 0.15) is 11.5 Å². The lowest BCUT2D eigenvalue weighted by molar-refractivity contribution is 0.0935. The van der Waals surface area contributed by atoms with Gasteiger partial charge >= 0.3 is 0 Å². The van der Waals surface area contributed by atoms with Crippen LogP contribution in [0, 0.1) is 0 Å². The van der Waals surface area contributed by atoms with Crippen LogP contribution in [0.25, 0.3) is 0 Å². The van der Waals surface area contributed by atoms with Gasteiger partial charge in [-0.3, -0.25) is 14.6 Å². The summed E-state index contributed by atoms with van der Waals surface area (Å²) in [7, 11) is 7.64. The number of methoxy groups -OCH3 is 2. The van der Waals surface area contributed by atoms with E-state index in [-0.39, 0.29) is 30.6 Å². The van der Waals surface area contributed by atoms with Crippen LogP contribution in [0.4, 0.5) is 0 Å². The molecule has 0 aromatic heterocycles. The van der Waals surface area contributed by atoms with Crippen molar-refractivity contribution in [1.82, 2.24) is 15.1 Å². The molecule has 4 heterocycles. The van der Waals surface area contributed by atoms with Gasteiger partial charge in [-0.05, 0) is 123 Å². The number of nitrogens with one attached hydrogen (secondary N) is 1. The highest BCUT2D eigenvalue weighted by Crippen LogP contribution is 2.50. The number of ether oxygens (including phenoxy) is 4. The number of hydrogen-bond donors (Lipinski definition) is 2. The van der Waals surface area contributed by atoms with Crippen LogP contribution in [0.15, 0.2) is 60.7 Å². The predicted octanol–water partition coefficient (Wildman–Crippen LogP) is 7.31. The molecule has 0 radical (unpaired) electrons. The molecule has 6 bridgehead atoms. The molecule has 0 spiro atoms. The van der Waals surface area contributed by atoms with Gasteiger partial charge in [0.2, 0.25) is 0 Å². The zero-order valence-corrected chi connectivity index (χ0v) is 30.7. The number of benzene rings is 4. The van der Waals surface area contributed by atoms with E-state index in [2.05, 4.69) is 65.6 Å². The van der Waals surface area contributed by atoms with Crippen LogP contribution in [0.3, 0.4) is 0 Å². The molecule has 272 valence electrons. The highest BCUT2D eigenvalue weighted by Gasteiger charge is 2.34. The molecule has 9 heteroatoms. The summed E-state index contributed by atoms with van der Waals surface area (Å²) in [5.74, 6) is 3.59. The minimum atomic E-state index is -0.161. The molecular formula is C43H49N3O6. The van der Waals surface area contributed by atoms with Crippen LogP contribution in [0.5, 0.6) is 34.5 Å². The number of aliphatic hydroxyl groups excluding tert-OH is 1. The molecule has 52 heavy (non-hydrogen) atoms. The fourth-order valence-electron chi connectivity index (χ4n) is 8.73. The largest absolute Gasteiger partial charge is 0.493 e. The summed E-state index contributed by atoms with van der Waals surface area (Å²) in [6, 6.07) is 20.8. The van der Waals surface area contributed by atoms with Crippen LogP contribution in [-0.2, 0) is 32.3 Å². The monoisotopic (exact) mass is 703 g/mol. The minimum Gasteiger partial charge on any atom is -0.493 e. The van der Waals surface area contributed by atoms with Crippen LogP contribution >= 0.6 is 0 Å². The van der Waals surface area contributed by atoms with E-state index in [1.165, 1.54) is 11.1 Å². The molecule has 2 N–H and O–H groups in total. The molecule has 1 saturated carbocycles. The van der Waals surface area contributed by atoms with Crippen LogP contribution < -0.4 is 24.3 Å². The molecule has 4 aromatic carbocycles. The highest BCUT2D eigenvalue weighted by molar-refractivity contribution is 5.97. The van der Waals surface area contributed by atoms with E-state index in [4.69, 9.17) is 18.9 Å². The van der Waals surface area contributed by atoms with E-state index in [1.807, 2.05) is 24.3 Å². The van der Waals surface area contributed by atoms with Crippen LogP contribution in [-0.4, -0.2) is 68.3 Å². The van der Waals surface area contributed by atoms with E-state index in [0.29, 0.717) is 52.0 Å². The fourth-order valence-corrected chi connectivity index (χ4v) is 8.73. The average Bonchev–Trinajstić information content (AvgIpc) is 3.67. The Bertz CT molecular complexity index is 1970. The van der Waals surface area contributed by atoms with Crippen LogP contribution in [0.1, 0.15) is 87.1 Å². The van der Waals surface area contributed by atoms with E-state index >= 15 is 0 Å². The number of amides is 1. The van der Waals surface area contributed by atoms with Gasteiger partial charge in [-0.1, -0.05) is 31.0 Å². The van der Waals surface area contributed by atoms with Gasteiger partial charge in [-0.15, -0.1) is 0 Å². The maximum atomic E-state index is 13.7. The Balaban J connectivity index is 1.29. The second kappa shape index (κ2) is 14.5. The van der Waals surface area contributed by atoms with Crippen molar-refractivity contribution in [2.75, 3.05) is 41.4 Å². The Kier molecular flexibility index (Phi) is 9.59. The number of hydrogen-bond acceptors (Lipinski definition) is 8. The third-order valence-electron chi connectivity index (χ3n) is 11.7. The molecule has 4 aliphatic heterocycles. The molecule has 2 atom stereocenters. The summed E-state index contributed by atoms with van der Waals surface area (Å²) in [5, 5.41) is 13.8. The summed E-state index contributed by atoms with van der Waals surface area (Å²) in [6.45, 7) is 1.60. The van der Waals surface area contributed by atoms with Crippen molar-refractivity contribution in [3.63, 3.8) is 0 Å². The number of aliphatic hydroxyl groups is 1. The summed E-state index contributed by atoms with van der Waals surface area (Å²) in [5.41, 5.74) is 8.07. The van der Waals surface area contributed by atoms with Crippen molar-refractivity contribution in [2.45, 2.75) is 76.1 Å². The van der Waals surface area contributed by atoms with Gasteiger partial charge < -0.3 is 29.4 Å². The summed E-state index contributed by atoms with van der Waals surface area (Å²) in [6.07, 6.45) is 7.47. The second-order valence-corrected chi connectivity index (χ2v) is 14.9. The van der Waals surface area contributed by atoms with Gasteiger partial charge in [0.25, 0.3) is 5.91 Å². The Morgan fingerprint density at radius 2 is 1.54 bits per heavy atom. The molecule has 5 aliphatic rings. The van der Waals surface area contributed by atoms with Crippen molar-refractivity contribution in [2.24, 2.45) is 0 Å². The Morgan fingerprint density at radius 3 is 2.27 bits per heavy atom. The molecule has 0 saturated heterocycles. The third-order valence-corrected chi connectivity index (χ3v) is 11.7. The summed E-state index contributed by atoms with van der Waals surface area (Å²) in [4.78, 5) is 18.4. The SMILES string of the molecule is COc1cc2c3cc1Oc1c(OC)c(CO)cc4c1[C@H](Cc1ccc(cc1)Oc1cc(ccc1C(=O)NC1CCCC1)C[C@H]3N(C)CC2)N(C)CC4. The smallest absolute Gasteiger partial charge is 0.255 e. The number of likely N-dealkylation sites (N-methyl/N-ethyl adjacent to an activating group) is 2. The van der Waals surface area contributed by atoms with E-state index in [1.54, 1.807) is 14.2 Å². The van der Waals surface area contributed by atoms with Gasteiger partial charge in [0, 0.05) is 42.3 Å². The fraction of sp³-hybridized carbons (Fsp3) is 0.419. The number of nitrogens with zero attached hydrogens (tertiary/aromatic N) is 2. The van der Waals surface area contributed by atoms with Crippen molar-refractivity contribution in [1.29, 1.82) is 0 Å². The lowest BCUT2D eigenvalue weighted by Gasteiger charge is -2.37. The number of fused-ring (bicyclic) bond motifs is 2. The number of rotatable bonds is 5. The molecule has 1 amide bonds. The molecule has 9 nitrogen and oxygen atoms in total. The Hall–Kier alpha value is -4.57. The molecule has 4 aromatic rings. The maximum absolute atomic E-state index is 13.7. The lowest BCUT2D eigenvalue weighted by Crippen LogP contribution is -2.34. The second-order valence-electron chi connectivity index (χ2n) is 14.9. The molecule has 1 fully saturated rings. The zero-order valence-electron chi connectivity index (χ0n) is 30.7. The first-order valence-corrected chi connectivity index (χ1v) is 18.7. The van der Waals surface area contributed by atoms with Gasteiger partial charge in [-0.25, -0.2) is 0 Å². The Labute approximate surface area is 306 Å². The normalized spacial score (nSPS) is 20.2. The first kappa shape index (κ1) is 34.5. The molecule has 1 aliphatic carbocycles.